The Balaban J connectivity index is 2.24. The first-order chi connectivity index (χ1) is 21.6. The third kappa shape index (κ3) is 13.6. The molecule has 0 bridgehead atoms. The monoisotopic (exact) mass is 645 g/mol. The summed E-state index contributed by atoms with van der Waals surface area (Å²) < 4.78 is 11.4. The lowest BCUT2D eigenvalue weighted by Crippen LogP contribution is -2.59. The first-order valence-electron chi connectivity index (χ1n) is 15.6. The summed E-state index contributed by atoms with van der Waals surface area (Å²) in [4.78, 5) is 69.8. The molecule has 0 radical (unpaired) electrons. The van der Waals surface area contributed by atoms with Crippen molar-refractivity contribution < 1.29 is 38.3 Å². The number of carbonyl (C=O) groups excluding carboxylic acids is 5. The summed E-state index contributed by atoms with van der Waals surface area (Å²) in [6.45, 7) is 11.5. The fourth-order valence-electron chi connectivity index (χ4n) is 4.92. The lowest BCUT2D eigenvalue weighted by molar-refractivity contribution is -0.162. The van der Waals surface area contributed by atoms with E-state index in [2.05, 4.69) is 21.3 Å². The minimum atomic E-state index is -1.19. The van der Waals surface area contributed by atoms with E-state index < -0.39 is 53.6 Å². The van der Waals surface area contributed by atoms with Crippen molar-refractivity contribution >= 4 is 29.7 Å². The van der Waals surface area contributed by atoms with Crippen LogP contribution in [0, 0.1) is 11.8 Å². The highest BCUT2D eigenvalue weighted by atomic mass is 16.7. The van der Waals surface area contributed by atoms with Crippen molar-refractivity contribution in [2.75, 3.05) is 20.7 Å². The maximum atomic E-state index is 13.7. The number of nitrogens with one attached hydrogen (secondary N) is 4. The number of amides is 5. The summed E-state index contributed by atoms with van der Waals surface area (Å²) in [5, 5.41) is 12.1. The standard InChI is InChI=1S/C33H51N5O8/c1-21(2)18-26(30(41)35-25(14-15-27(39)38(7)44-8)19-24-16-17-34-29(24)40)36-31(42)28(22(3)46-33(4,5)6)37-32(43)45-20-23-12-10-9-11-13-23/h9-15,21-22,24-26,28H,16-20H2,1-8H3,(H,34,40)(H,35,41)(H,36,42)(H,37,43)/b15-14+/t22?,24-,25+,26-,28-/m0/s1. The van der Waals surface area contributed by atoms with Crippen molar-refractivity contribution in [2.45, 2.75) is 97.2 Å². The molecular weight excluding hydrogens is 594 g/mol. The van der Waals surface area contributed by atoms with Gasteiger partial charge in [-0.2, -0.15) is 0 Å². The van der Waals surface area contributed by atoms with Gasteiger partial charge in [-0.05, 0) is 58.4 Å². The van der Waals surface area contributed by atoms with E-state index in [1.165, 1.54) is 26.3 Å². The van der Waals surface area contributed by atoms with Crippen LogP contribution in [0.25, 0.3) is 0 Å². The summed E-state index contributed by atoms with van der Waals surface area (Å²) in [5.41, 5.74) is 0.142. The Labute approximate surface area is 272 Å². The normalized spacial score (nSPS) is 17.5. The second kappa shape index (κ2) is 18.2. The second-order valence-electron chi connectivity index (χ2n) is 12.8. The van der Waals surface area contributed by atoms with E-state index in [0.29, 0.717) is 13.0 Å². The molecule has 1 saturated heterocycles. The van der Waals surface area contributed by atoms with E-state index in [1.807, 2.05) is 65.0 Å². The number of hydroxylamine groups is 2. The van der Waals surface area contributed by atoms with Gasteiger partial charge >= 0.3 is 6.09 Å². The summed E-state index contributed by atoms with van der Waals surface area (Å²) >= 11 is 0. The number of ether oxygens (including phenoxy) is 2. The average molecular weight is 646 g/mol. The summed E-state index contributed by atoms with van der Waals surface area (Å²) in [7, 11) is 2.80. The highest BCUT2D eigenvalue weighted by Gasteiger charge is 2.35. The predicted octanol–water partition coefficient (Wildman–Crippen LogP) is 2.60. The molecule has 2 rings (SSSR count). The molecule has 1 fully saturated rings. The average Bonchev–Trinajstić information content (AvgIpc) is 3.39. The number of hydrogen-bond acceptors (Lipinski definition) is 8. The van der Waals surface area contributed by atoms with Crippen LogP contribution in [0.5, 0.6) is 0 Å². The van der Waals surface area contributed by atoms with Gasteiger partial charge in [0.2, 0.25) is 17.7 Å². The van der Waals surface area contributed by atoms with Gasteiger partial charge in [0.1, 0.15) is 18.7 Å². The second-order valence-corrected chi connectivity index (χ2v) is 12.8. The van der Waals surface area contributed by atoms with Crippen LogP contribution in [0.2, 0.25) is 0 Å². The smallest absolute Gasteiger partial charge is 0.408 e. The number of rotatable bonds is 16. The summed E-state index contributed by atoms with van der Waals surface area (Å²) in [6, 6.07) is 6.25. The zero-order valence-electron chi connectivity index (χ0n) is 28.3. The van der Waals surface area contributed by atoms with Crippen LogP contribution in [0.1, 0.15) is 66.4 Å². The van der Waals surface area contributed by atoms with Crippen LogP contribution < -0.4 is 21.3 Å². The lowest BCUT2D eigenvalue weighted by atomic mass is 9.96. The first kappa shape index (κ1) is 38.2. The van der Waals surface area contributed by atoms with Crippen molar-refractivity contribution in [3.8, 4) is 0 Å². The minimum Gasteiger partial charge on any atom is -0.445 e. The number of hydrogen-bond donors (Lipinski definition) is 4. The molecule has 0 spiro atoms. The van der Waals surface area contributed by atoms with Crippen molar-refractivity contribution in [3.63, 3.8) is 0 Å². The Hall–Kier alpha value is -3.97. The van der Waals surface area contributed by atoms with E-state index in [-0.39, 0.29) is 37.2 Å². The quantitative estimate of drug-likeness (QED) is 0.157. The Kier molecular flexibility index (Phi) is 15.2. The molecule has 1 unspecified atom stereocenters. The largest absolute Gasteiger partial charge is 0.445 e. The van der Waals surface area contributed by atoms with Crippen molar-refractivity contribution in [1.29, 1.82) is 0 Å². The molecule has 5 atom stereocenters. The van der Waals surface area contributed by atoms with Gasteiger partial charge in [0.25, 0.3) is 5.91 Å². The minimum absolute atomic E-state index is 0.00446. The number of alkyl carbamates (subject to hydrolysis) is 1. The third-order valence-electron chi connectivity index (χ3n) is 7.20. The SMILES string of the molecule is CON(C)C(=O)/C=C/[C@H](C[C@@H]1CCNC1=O)NC(=O)[C@H](CC(C)C)NC(=O)[C@@H](NC(=O)OCc1ccccc1)C(C)OC(C)(C)C. The predicted molar refractivity (Wildman–Crippen MR) is 172 cm³/mol. The van der Waals surface area contributed by atoms with Gasteiger partial charge in [0.05, 0.1) is 18.8 Å². The van der Waals surface area contributed by atoms with Gasteiger partial charge in [0, 0.05) is 31.6 Å². The van der Waals surface area contributed by atoms with Crippen molar-refractivity contribution in [2.24, 2.45) is 11.8 Å². The first-order valence-corrected chi connectivity index (χ1v) is 15.6. The van der Waals surface area contributed by atoms with Crippen molar-refractivity contribution in [3.05, 3.63) is 48.0 Å². The summed E-state index contributed by atoms with van der Waals surface area (Å²) in [6.07, 6.45) is 2.32. The van der Waals surface area contributed by atoms with Gasteiger partial charge in [-0.3, -0.25) is 24.0 Å². The summed E-state index contributed by atoms with van der Waals surface area (Å²) in [5.74, 6) is -2.06. The van der Waals surface area contributed by atoms with Crippen LogP contribution in [-0.4, -0.2) is 85.3 Å². The topological polar surface area (TPSA) is 164 Å². The molecule has 1 aliphatic heterocycles. The molecule has 0 aliphatic carbocycles. The molecule has 0 saturated carbocycles. The molecule has 1 aromatic carbocycles. The van der Waals surface area contributed by atoms with Crippen LogP contribution in [-0.2, 0) is 40.1 Å². The molecular formula is C33H51N5O8. The molecule has 256 valence electrons. The van der Waals surface area contributed by atoms with Gasteiger partial charge in [0.15, 0.2) is 0 Å². The molecule has 5 amide bonds. The van der Waals surface area contributed by atoms with Gasteiger partial charge in [-0.1, -0.05) is 50.3 Å². The molecule has 13 nitrogen and oxygen atoms in total. The molecule has 13 heteroatoms. The molecule has 0 aromatic heterocycles. The van der Waals surface area contributed by atoms with Crippen LogP contribution in [0.4, 0.5) is 4.79 Å². The van der Waals surface area contributed by atoms with E-state index >= 15 is 0 Å². The van der Waals surface area contributed by atoms with Gasteiger partial charge in [-0.15, -0.1) is 0 Å². The Morgan fingerprint density at radius 2 is 1.72 bits per heavy atom. The van der Waals surface area contributed by atoms with Crippen LogP contribution in [0.15, 0.2) is 42.5 Å². The maximum Gasteiger partial charge on any atom is 0.408 e. The number of benzene rings is 1. The fourth-order valence-corrected chi connectivity index (χ4v) is 4.92. The van der Waals surface area contributed by atoms with Crippen LogP contribution >= 0.6 is 0 Å². The highest BCUT2D eigenvalue weighted by Crippen LogP contribution is 2.18. The molecule has 46 heavy (non-hydrogen) atoms. The van der Waals surface area contributed by atoms with E-state index in [4.69, 9.17) is 14.3 Å². The molecule has 4 N–H and O–H groups in total. The van der Waals surface area contributed by atoms with E-state index in [9.17, 15) is 24.0 Å². The van der Waals surface area contributed by atoms with Gasteiger partial charge < -0.3 is 30.7 Å². The maximum absolute atomic E-state index is 13.7. The van der Waals surface area contributed by atoms with Crippen LogP contribution in [0.3, 0.4) is 0 Å². The Morgan fingerprint density at radius 3 is 2.28 bits per heavy atom. The lowest BCUT2D eigenvalue weighted by Gasteiger charge is -2.32. The Bertz CT molecular complexity index is 1200. The Morgan fingerprint density at radius 1 is 1.04 bits per heavy atom. The van der Waals surface area contributed by atoms with E-state index in [0.717, 1.165) is 10.6 Å². The van der Waals surface area contributed by atoms with Gasteiger partial charge in [-0.25, -0.2) is 9.86 Å². The third-order valence-corrected chi connectivity index (χ3v) is 7.20. The number of nitrogens with zero attached hydrogens (tertiary/aromatic N) is 1. The molecule has 1 aliphatic rings. The van der Waals surface area contributed by atoms with Crippen molar-refractivity contribution in [1.82, 2.24) is 26.3 Å². The fraction of sp³-hybridized carbons (Fsp3) is 0.606. The number of likely N-dealkylation sites (N-methyl/N-ethyl adjacent to an activating group) is 1. The zero-order valence-corrected chi connectivity index (χ0v) is 28.3. The molecule has 1 heterocycles. The molecule has 1 aromatic rings. The highest BCUT2D eigenvalue weighted by molar-refractivity contribution is 5.92. The zero-order chi connectivity index (χ0) is 34.4. The van der Waals surface area contributed by atoms with E-state index in [1.54, 1.807) is 6.92 Å². The number of carbonyl (C=O) groups is 5.